The van der Waals surface area contributed by atoms with Crippen molar-refractivity contribution in [1.29, 1.82) is 0 Å². The van der Waals surface area contributed by atoms with Crippen molar-refractivity contribution in [3.63, 3.8) is 0 Å². The molecule has 1 fully saturated rings. The lowest BCUT2D eigenvalue weighted by atomic mass is 10.2. The summed E-state index contributed by atoms with van der Waals surface area (Å²) in [4.78, 5) is 4.31. The predicted octanol–water partition coefficient (Wildman–Crippen LogP) is 1.07. The van der Waals surface area contributed by atoms with Gasteiger partial charge in [-0.15, -0.1) is 0 Å². The second-order valence-electron chi connectivity index (χ2n) is 4.35. The molecule has 16 heavy (non-hydrogen) atoms. The Morgan fingerprint density at radius 1 is 1.62 bits per heavy atom. The SMILES string of the molecule is Cc1[nH]ncc1CN=C(N)NC1CCCC1. The Kier molecular flexibility index (Phi) is 3.44. The molecule has 0 radical (unpaired) electrons. The lowest BCUT2D eigenvalue weighted by molar-refractivity contribution is 0.625. The van der Waals surface area contributed by atoms with Gasteiger partial charge in [-0.25, -0.2) is 4.99 Å². The second kappa shape index (κ2) is 5.01. The Morgan fingerprint density at radius 2 is 2.38 bits per heavy atom. The van der Waals surface area contributed by atoms with E-state index < -0.39 is 0 Å². The first-order valence-electron chi connectivity index (χ1n) is 5.81. The van der Waals surface area contributed by atoms with E-state index in [0.29, 0.717) is 18.5 Å². The number of aliphatic imine (C=N–C) groups is 1. The van der Waals surface area contributed by atoms with E-state index in [-0.39, 0.29) is 0 Å². The van der Waals surface area contributed by atoms with Crippen molar-refractivity contribution >= 4 is 5.96 Å². The van der Waals surface area contributed by atoms with Crippen molar-refractivity contribution in [3.8, 4) is 0 Å². The quantitative estimate of drug-likeness (QED) is 0.527. The molecule has 1 aromatic heterocycles. The molecule has 0 aromatic carbocycles. The first-order valence-corrected chi connectivity index (χ1v) is 5.81. The molecule has 0 atom stereocenters. The van der Waals surface area contributed by atoms with Crippen LogP contribution in [0.25, 0.3) is 0 Å². The highest BCUT2D eigenvalue weighted by molar-refractivity contribution is 5.78. The maximum atomic E-state index is 5.83. The Bertz CT molecular complexity index is 362. The third-order valence-corrected chi connectivity index (χ3v) is 3.06. The van der Waals surface area contributed by atoms with Crippen molar-refractivity contribution in [2.24, 2.45) is 10.7 Å². The zero-order chi connectivity index (χ0) is 11.4. The standard InChI is InChI=1S/C11H19N5/c1-8-9(7-14-16-8)6-13-11(12)15-10-4-2-3-5-10/h7,10H,2-6H2,1H3,(H,14,16)(H3,12,13,15). The molecule has 2 rings (SSSR count). The fourth-order valence-corrected chi connectivity index (χ4v) is 2.03. The Hall–Kier alpha value is -1.52. The molecule has 5 nitrogen and oxygen atoms in total. The van der Waals surface area contributed by atoms with E-state index >= 15 is 0 Å². The maximum Gasteiger partial charge on any atom is 0.189 e. The average molecular weight is 221 g/mol. The zero-order valence-electron chi connectivity index (χ0n) is 9.66. The van der Waals surface area contributed by atoms with Gasteiger partial charge in [0.05, 0.1) is 12.7 Å². The number of hydrogen-bond acceptors (Lipinski definition) is 2. The lowest BCUT2D eigenvalue weighted by Gasteiger charge is -2.11. The van der Waals surface area contributed by atoms with Crippen LogP contribution in [0.1, 0.15) is 36.9 Å². The first kappa shape index (κ1) is 11.0. The van der Waals surface area contributed by atoms with Gasteiger partial charge in [0.25, 0.3) is 0 Å². The largest absolute Gasteiger partial charge is 0.370 e. The molecule has 4 N–H and O–H groups in total. The number of nitrogens with zero attached hydrogens (tertiary/aromatic N) is 2. The zero-order valence-corrected chi connectivity index (χ0v) is 9.66. The van der Waals surface area contributed by atoms with E-state index in [0.717, 1.165) is 11.3 Å². The van der Waals surface area contributed by atoms with Crippen LogP contribution in [0.15, 0.2) is 11.2 Å². The van der Waals surface area contributed by atoms with Crippen LogP contribution in [0.4, 0.5) is 0 Å². The monoisotopic (exact) mass is 221 g/mol. The molecule has 1 aromatic rings. The van der Waals surface area contributed by atoms with Crippen molar-refractivity contribution < 1.29 is 0 Å². The highest BCUT2D eigenvalue weighted by atomic mass is 15.1. The van der Waals surface area contributed by atoms with Gasteiger partial charge in [0, 0.05) is 17.3 Å². The van der Waals surface area contributed by atoms with Crippen molar-refractivity contribution in [2.75, 3.05) is 0 Å². The molecule has 0 amide bonds. The van der Waals surface area contributed by atoms with Gasteiger partial charge in [-0.3, -0.25) is 5.10 Å². The molecule has 5 heteroatoms. The highest BCUT2D eigenvalue weighted by Crippen LogP contribution is 2.17. The number of guanidine groups is 1. The minimum absolute atomic E-state index is 0.522. The van der Waals surface area contributed by atoms with Crippen LogP contribution in [-0.4, -0.2) is 22.2 Å². The Morgan fingerprint density at radius 3 is 3.00 bits per heavy atom. The second-order valence-corrected chi connectivity index (χ2v) is 4.35. The molecule has 0 bridgehead atoms. The average Bonchev–Trinajstić information content (AvgIpc) is 2.87. The molecule has 0 unspecified atom stereocenters. The summed E-state index contributed by atoms with van der Waals surface area (Å²) in [6, 6.07) is 0.522. The van der Waals surface area contributed by atoms with Gasteiger partial charge in [0.15, 0.2) is 5.96 Å². The Labute approximate surface area is 95.5 Å². The van der Waals surface area contributed by atoms with E-state index in [1.165, 1.54) is 25.7 Å². The molecule has 0 aliphatic heterocycles. The number of rotatable bonds is 3. The summed E-state index contributed by atoms with van der Waals surface area (Å²) in [5.74, 6) is 0.549. The summed E-state index contributed by atoms with van der Waals surface area (Å²) in [7, 11) is 0. The summed E-state index contributed by atoms with van der Waals surface area (Å²) >= 11 is 0. The third-order valence-electron chi connectivity index (χ3n) is 3.06. The Balaban J connectivity index is 1.84. The van der Waals surface area contributed by atoms with Crippen LogP contribution in [0, 0.1) is 6.92 Å². The lowest BCUT2D eigenvalue weighted by Crippen LogP contribution is -2.38. The van der Waals surface area contributed by atoms with Gasteiger partial charge >= 0.3 is 0 Å². The number of H-pyrrole nitrogens is 1. The van der Waals surface area contributed by atoms with E-state index in [9.17, 15) is 0 Å². The molecule has 0 spiro atoms. The van der Waals surface area contributed by atoms with Crippen molar-refractivity contribution in [1.82, 2.24) is 15.5 Å². The first-order chi connectivity index (χ1) is 7.75. The number of aromatic amines is 1. The number of nitrogens with two attached hydrogens (primary N) is 1. The summed E-state index contributed by atoms with van der Waals surface area (Å²) in [5, 5.41) is 10.1. The van der Waals surface area contributed by atoms with Gasteiger partial charge in [0.1, 0.15) is 0 Å². The topological polar surface area (TPSA) is 79.1 Å². The molecule has 1 aliphatic rings. The fraction of sp³-hybridized carbons (Fsp3) is 0.636. The van der Waals surface area contributed by atoms with Crippen molar-refractivity contribution in [3.05, 3.63) is 17.5 Å². The van der Waals surface area contributed by atoms with E-state index in [2.05, 4.69) is 20.5 Å². The van der Waals surface area contributed by atoms with Gasteiger partial charge in [-0.1, -0.05) is 12.8 Å². The fourth-order valence-electron chi connectivity index (χ4n) is 2.03. The predicted molar refractivity (Wildman–Crippen MR) is 64.0 cm³/mol. The number of aryl methyl sites for hydroxylation is 1. The molecule has 1 heterocycles. The normalized spacial score (nSPS) is 17.9. The number of aromatic nitrogens is 2. The summed E-state index contributed by atoms with van der Waals surface area (Å²) in [6.07, 6.45) is 6.81. The van der Waals surface area contributed by atoms with Gasteiger partial charge in [-0.05, 0) is 19.8 Å². The van der Waals surface area contributed by atoms with E-state index in [1.807, 2.05) is 6.92 Å². The molecular formula is C11H19N5. The molecule has 88 valence electrons. The van der Waals surface area contributed by atoms with E-state index in [4.69, 9.17) is 5.73 Å². The number of hydrogen-bond donors (Lipinski definition) is 3. The van der Waals surface area contributed by atoms with Crippen LogP contribution in [0.5, 0.6) is 0 Å². The van der Waals surface area contributed by atoms with Crippen LogP contribution in [-0.2, 0) is 6.54 Å². The summed E-state index contributed by atoms with van der Waals surface area (Å²) in [5.41, 5.74) is 7.98. The highest BCUT2D eigenvalue weighted by Gasteiger charge is 2.14. The van der Waals surface area contributed by atoms with Crippen LogP contribution in [0.2, 0.25) is 0 Å². The minimum atomic E-state index is 0.522. The molecular weight excluding hydrogens is 202 g/mol. The maximum absolute atomic E-state index is 5.83. The van der Waals surface area contributed by atoms with E-state index in [1.54, 1.807) is 6.20 Å². The third kappa shape index (κ3) is 2.74. The van der Waals surface area contributed by atoms with Crippen molar-refractivity contribution in [2.45, 2.75) is 45.2 Å². The van der Waals surface area contributed by atoms with Gasteiger partial charge in [-0.2, -0.15) is 5.10 Å². The van der Waals surface area contributed by atoms with Crippen LogP contribution < -0.4 is 11.1 Å². The van der Waals surface area contributed by atoms with Gasteiger partial charge < -0.3 is 11.1 Å². The molecule has 0 saturated heterocycles. The molecule has 1 aliphatic carbocycles. The number of nitrogens with one attached hydrogen (secondary N) is 2. The summed E-state index contributed by atoms with van der Waals surface area (Å²) < 4.78 is 0. The minimum Gasteiger partial charge on any atom is -0.370 e. The smallest absolute Gasteiger partial charge is 0.189 e. The van der Waals surface area contributed by atoms with Gasteiger partial charge in [0.2, 0.25) is 0 Å². The van der Waals surface area contributed by atoms with Crippen LogP contribution >= 0.6 is 0 Å². The summed E-state index contributed by atoms with van der Waals surface area (Å²) in [6.45, 7) is 2.58. The molecule has 1 saturated carbocycles. The van der Waals surface area contributed by atoms with Crippen LogP contribution in [0.3, 0.4) is 0 Å².